The molecule has 5 nitrogen and oxygen atoms in total. The maximum atomic E-state index is 12.0. The van der Waals surface area contributed by atoms with E-state index < -0.39 is 0 Å². The Morgan fingerprint density at radius 2 is 2.00 bits per heavy atom. The van der Waals surface area contributed by atoms with E-state index in [-0.39, 0.29) is 23.5 Å². The first-order chi connectivity index (χ1) is 15.8. The number of carbonyl (C=O) groups is 1. The summed E-state index contributed by atoms with van der Waals surface area (Å²) in [4.78, 5) is 16.2. The monoisotopic (exact) mass is 452 g/mol. The average molecular weight is 453 g/mol. The van der Waals surface area contributed by atoms with Crippen molar-refractivity contribution in [3.05, 3.63) is 35.7 Å². The number of hydrogen-bond acceptors (Lipinski definition) is 4. The van der Waals surface area contributed by atoms with Gasteiger partial charge in [0.05, 0.1) is 24.0 Å². The zero-order chi connectivity index (χ0) is 23.4. The fourth-order valence-electron chi connectivity index (χ4n) is 8.50. The lowest BCUT2D eigenvalue weighted by Crippen LogP contribution is -2.51. The third-order valence-corrected chi connectivity index (χ3v) is 10.2. The van der Waals surface area contributed by atoms with E-state index in [0.29, 0.717) is 22.6 Å². The molecule has 0 radical (unpaired) electrons. The predicted octanol–water partition coefficient (Wildman–Crippen LogP) is 5.15. The van der Waals surface area contributed by atoms with Crippen LogP contribution >= 0.6 is 0 Å². The summed E-state index contributed by atoms with van der Waals surface area (Å²) in [6, 6.07) is 1.81. The van der Waals surface area contributed by atoms with Crippen molar-refractivity contribution in [2.24, 2.45) is 34.5 Å². The van der Waals surface area contributed by atoms with E-state index in [0.717, 1.165) is 37.0 Å². The molecule has 1 aromatic heterocycles. The Hall–Kier alpha value is -1.88. The van der Waals surface area contributed by atoms with E-state index in [2.05, 4.69) is 37.1 Å². The van der Waals surface area contributed by atoms with Crippen LogP contribution in [0.2, 0.25) is 0 Å². The highest BCUT2D eigenvalue weighted by molar-refractivity contribution is 5.93. The molecule has 0 saturated heterocycles. The van der Waals surface area contributed by atoms with Crippen molar-refractivity contribution in [1.82, 2.24) is 10.3 Å². The number of rotatable bonds is 4. The molecule has 0 aliphatic heterocycles. The molecular weight excluding hydrogens is 412 g/mol. The number of allylic oxidation sites excluding steroid dienone is 1. The molecule has 3 fully saturated rings. The van der Waals surface area contributed by atoms with Gasteiger partial charge in [-0.25, -0.2) is 0 Å². The maximum absolute atomic E-state index is 12.0. The van der Waals surface area contributed by atoms with Crippen LogP contribution in [0.25, 0.3) is 0 Å². The number of hydrogen-bond donors (Lipinski definition) is 2. The molecule has 0 bridgehead atoms. The lowest BCUT2D eigenvalue weighted by Gasteiger charge is -2.58. The highest BCUT2D eigenvalue weighted by Crippen LogP contribution is 2.66. The number of pyridine rings is 1. The van der Waals surface area contributed by atoms with Crippen LogP contribution in [0.4, 0.5) is 0 Å². The van der Waals surface area contributed by atoms with Crippen LogP contribution in [-0.4, -0.2) is 35.3 Å². The number of nitrogens with zero attached hydrogens (tertiary/aromatic N) is 1. The van der Waals surface area contributed by atoms with Gasteiger partial charge in [-0.2, -0.15) is 0 Å². The van der Waals surface area contributed by atoms with E-state index in [9.17, 15) is 9.90 Å². The summed E-state index contributed by atoms with van der Waals surface area (Å²) in [6.45, 7) is 7.23. The number of aliphatic hydroxyl groups excluding tert-OH is 1. The molecule has 33 heavy (non-hydrogen) atoms. The Morgan fingerprint density at radius 1 is 1.18 bits per heavy atom. The largest absolute Gasteiger partial charge is 0.489 e. The molecule has 8 atom stereocenters. The van der Waals surface area contributed by atoms with Gasteiger partial charge in [0.2, 0.25) is 0 Å². The molecule has 4 aliphatic carbocycles. The van der Waals surface area contributed by atoms with Gasteiger partial charge >= 0.3 is 0 Å². The van der Waals surface area contributed by atoms with Crippen LogP contribution in [0.3, 0.4) is 0 Å². The third-order valence-electron chi connectivity index (χ3n) is 10.2. The van der Waals surface area contributed by atoms with Crippen LogP contribution in [0.1, 0.15) is 82.5 Å². The maximum Gasteiger partial charge on any atom is 0.252 e. The van der Waals surface area contributed by atoms with Gasteiger partial charge < -0.3 is 15.2 Å². The van der Waals surface area contributed by atoms with Crippen LogP contribution in [0, 0.1) is 34.5 Å². The van der Waals surface area contributed by atoms with E-state index in [1.165, 1.54) is 32.1 Å². The van der Waals surface area contributed by atoms with Gasteiger partial charge in [0.15, 0.2) is 0 Å². The molecule has 180 valence electrons. The van der Waals surface area contributed by atoms with Gasteiger partial charge in [-0.1, -0.05) is 25.5 Å². The highest BCUT2D eigenvalue weighted by Gasteiger charge is 2.59. The van der Waals surface area contributed by atoms with Crippen molar-refractivity contribution in [1.29, 1.82) is 0 Å². The quantitative estimate of drug-likeness (QED) is 0.620. The molecule has 5 heteroatoms. The van der Waals surface area contributed by atoms with Crippen LogP contribution < -0.4 is 10.1 Å². The topological polar surface area (TPSA) is 71.5 Å². The molecule has 4 aliphatic rings. The lowest BCUT2D eigenvalue weighted by molar-refractivity contribution is -0.0643. The first kappa shape index (κ1) is 22.9. The van der Waals surface area contributed by atoms with E-state index in [1.807, 2.05) is 0 Å². The molecule has 5 rings (SSSR count). The second-order valence-electron chi connectivity index (χ2n) is 11.7. The number of amides is 1. The Bertz CT molecular complexity index is 945. The Balaban J connectivity index is 1.34. The summed E-state index contributed by atoms with van der Waals surface area (Å²) in [5.74, 6) is 3.31. The molecule has 1 aromatic rings. The number of nitrogens with one attached hydrogen (secondary N) is 1. The number of aliphatic hydroxyl groups is 1. The number of fused-ring (bicyclic) bond motifs is 5. The normalized spacial score (nSPS) is 40.6. The van der Waals surface area contributed by atoms with Crippen LogP contribution in [0.15, 0.2) is 30.1 Å². The molecule has 0 unspecified atom stereocenters. The van der Waals surface area contributed by atoms with E-state index in [4.69, 9.17) is 4.74 Å². The zero-order valence-electron chi connectivity index (χ0n) is 20.6. The zero-order valence-corrected chi connectivity index (χ0v) is 20.6. The molecule has 1 amide bonds. The lowest BCUT2D eigenvalue weighted by atomic mass is 9.47. The highest BCUT2D eigenvalue weighted by atomic mass is 16.5. The molecule has 3 saturated carbocycles. The summed E-state index contributed by atoms with van der Waals surface area (Å²) >= 11 is 0. The first-order valence-electron chi connectivity index (χ1n) is 13.0. The summed E-state index contributed by atoms with van der Waals surface area (Å²) < 4.78 is 6.42. The second-order valence-corrected chi connectivity index (χ2v) is 11.7. The summed E-state index contributed by atoms with van der Waals surface area (Å²) in [5.41, 5.74) is 2.66. The van der Waals surface area contributed by atoms with Gasteiger partial charge in [-0.3, -0.25) is 9.78 Å². The van der Waals surface area contributed by atoms with Crippen molar-refractivity contribution in [3.63, 3.8) is 0 Å². The fourth-order valence-corrected chi connectivity index (χ4v) is 8.50. The Labute approximate surface area is 198 Å². The van der Waals surface area contributed by atoms with Crippen molar-refractivity contribution >= 4 is 5.91 Å². The smallest absolute Gasteiger partial charge is 0.252 e. The number of carbonyl (C=O) groups excluding carboxylic acids is 1. The van der Waals surface area contributed by atoms with Gasteiger partial charge in [0.1, 0.15) is 5.75 Å². The Kier molecular flexibility index (Phi) is 5.83. The second kappa shape index (κ2) is 8.41. The van der Waals surface area contributed by atoms with Crippen molar-refractivity contribution < 1.29 is 14.6 Å². The molecule has 0 spiro atoms. The average Bonchev–Trinajstić information content (AvgIpc) is 3.16. The summed E-state index contributed by atoms with van der Waals surface area (Å²) in [5, 5.41) is 12.9. The molecular formula is C28H40N2O3. The Morgan fingerprint density at radius 3 is 2.79 bits per heavy atom. The van der Waals surface area contributed by atoms with Crippen molar-refractivity contribution in [3.8, 4) is 5.75 Å². The van der Waals surface area contributed by atoms with Gasteiger partial charge in [0.25, 0.3) is 5.91 Å². The predicted molar refractivity (Wildman–Crippen MR) is 129 cm³/mol. The first-order valence-corrected chi connectivity index (χ1v) is 13.0. The minimum atomic E-state index is -0.139. The minimum absolute atomic E-state index is 0.0911. The summed E-state index contributed by atoms with van der Waals surface area (Å²) in [6.07, 6.45) is 15.0. The van der Waals surface area contributed by atoms with E-state index >= 15 is 0 Å². The number of ether oxygens (including phenoxy) is 1. The molecule has 1 heterocycles. The molecule has 2 N–H and O–H groups in total. The van der Waals surface area contributed by atoms with Crippen molar-refractivity contribution in [2.45, 2.75) is 84.3 Å². The number of aromatic nitrogens is 1. The fraction of sp³-hybridized carbons (Fsp3) is 0.714. The minimum Gasteiger partial charge on any atom is -0.489 e. The van der Waals surface area contributed by atoms with E-state index in [1.54, 1.807) is 31.1 Å². The standard InChI is InChI=1S/C28H40N2O3/c1-17(33-21-13-18(15-30-16-21)26(32)29-4)23-7-8-24-22-6-5-19-14-20(31)9-11-27(19,2)25(22)10-12-28(23,24)3/h5,13,15-17,20,22-25,31H,6-12,14H2,1-4H3,(H,29,32)/t17-,20-,22-,23+,24-,25-,27-,28+/m0/s1. The van der Waals surface area contributed by atoms with Crippen LogP contribution in [-0.2, 0) is 0 Å². The van der Waals surface area contributed by atoms with Gasteiger partial charge in [-0.15, -0.1) is 0 Å². The van der Waals surface area contributed by atoms with Crippen LogP contribution in [0.5, 0.6) is 5.75 Å². The molecule has 0 aromatic carbocycles. The van der Waals surface area contributed by atoms with Crippen molar-refractivity contribution in [2.75, 3.05) is 7.05 Å². The van der Waals surface area contributed by atoms with Gasteiger partial charge in [0, 0.05) is 19.2 Å². The SMILES string of the molecule is CNC(=O)c1cncc(O[C@@H](C)[C@H]2CC[C@H]3[C@@H]4CC=C5C[C@@H](O)CC[C@]5(C)[C@H]4CC[C@]23C)c1. The summed E-state index contributed by atoms with van der Waals surface area (Å²) in [7, 11) is 1.63. The third kappa shape index (κ3) is 3.71. The van der Waals surface area contributed by atoms with Gasteiger partial charge in [-0.05, 0) is 92.9 Å².